The van der Waals surface area contributed by atoms with Gasteiger partial charge in [-0.1, -0.05) is 0 Å². The van der Waals surface area contributed by atoms with Gasteiger partial charge in [-0.15, -0.1) is 3.89 Å². The number of hydrogen-bond donors (Lipinski definition) is 1. The van der Waals surface area contributed by atoms with E-state index >= 15 is 0 Å². The van der Waals surface area contributed by atoms with Crippen LogP contribution in [0.15, 0.2) is 0 Å². The number of nitrogens with one attached hydrogen (secondary N) is 1. The van der Waals surface area contributed by atoms with E-state index in [9.17, 15) is 17.1 Å². The molecule has 0 aromatic rings. The predicted molar refractivity (Wildman–Crippen MR) is 56.0 cm³/mol. The van der Waals surface area contributed by atoms with Gasteiger partial charge in [0.1, 0.15) is 5.25 Å². The maximum Gasteiger partial charge on any atom is 0.307 e. The quantitative estimate of drug-likeness (QED) is 0.680. The molecule has 2 unspecified atom stereocenters. The molecule has 2 rings (SSSR count). The van der Waals surface area contributed by atoms with Gasteiger partial charge in [0.15, 0.2) is 0 Å². The Hall–Kier alpha value is -0.690. The lowest BCUT2D eigenvalue weighted by molar-refractivity contribution is -0.129. The Bertz CT molecular complexity index is 378. The molecule has 1 N–H and O–H groups in total. The molecular weight excluding hydrogens is 235 g/mol. The maximum atomic E-state index is 12.8. The van der Waals surface area contributed by atoms with E-state index in [1.165, 1.54) is 4.90 Å². The molecule has 0 saturated carbocycles. The van der Waals surface area contributed by atoms with Crippen LogP contribution in [0.5, 0.6) is 0 Å². The number of halogens is 1. The number of amides is 1. The Balaban J connectivity index is 2.04. The van der Waals surface area contributed by atoms with Crippen LogP contribution in [0.4, 0.5) is 3.89 Å². The Labute approximate surface area is 94.2 Å². The molecule has 0 spiro atoms. The number of rotatable bonds is 2. The summed E-state index contributed by atoms with van der Waals surface area (Å²) in [5, 5.41) is 1.98. The summed E-state index contributed by atoms with van der Waals surface area (Å²) < 4.78 is 34.3. The standard InChI is InChI=1S/C9H15FN2O3S/c10-16(14,15)8-4-9(13)12(6-8)7-2-1-3-11-5-7/h7-8,11H,1-6H2. The minimum Gasteiger partial charge on any atom is -0.337 e. The van der Waals surface area contributed by atoms with Crippen LogP contribution in [-0.2, 0) is 15.0 Å². The van der Waals surface area contributed by atoms with E-state index in [1.807, 2.05) is 0 Å². The van der Waals surface area contributed by atoms with Crippen LogP contribution in [0.25, 0.3) is 0 Å². The highest BCUT2D eigenvalue weighted by atomic mass is 32.3. The molecular formula is C9H15FN2O3S. The van der Waals surface area contributed by atoms with Crippen molar-refractivity contribution in [2.45, 2.75) is 30.6 Å². The van der Waals surface area contributed by atoms with E-state index < -0.39 is 15.5 Å². The second-order valence-corrected chi connectivity index (χ2v) is 5.97. The monoisotopic (exact) mass is 250 g/mol. The lowest BCUT2D eigenvalue weighted by Crippen LogP contribution is -2.47. The van der Waals surface area contributed by atoms with Gasteiger partial charge in [-0.05, 0) is 19.4 Å². The molecule has 2 atom stereocenters. The van der Waals surface area contributed by atoms with E-state index in [4.69, 9.17) is 0 Å². The summed E-state index contributed by atoms with van der Waals surface area (Å²) in [4.78, 5) is 13.1. The summed E-state index contributed by atoms with van der Waals surface area (Å²) in [6.45, 7) is 1.60. The third kappa shape index (κ3) is 2.35. The SMILES string of the molecule is O=C1CC(S(=O)(=O)F)CN1C1CCCNC1. The molecule has 2 aliphatic rings. The summed E-state index contributed by atoms with van der Waals surface area (Å²) in [6.07, 6.45) is 1.61. The van der Waals surface area contributed by atoms with Gasteiger partial charge in [0.25, 0.3) is 0 Å². The molecule has 5 nitrogen and oxygen atoms in total. The number of hydrogen-bond acceptors (Lipinski definition) is 4. The van der Waals surface area contributed by atoms with Crippen LogP contribution in [0.2, 0.25) is 0 Å². The van der Waals surface area contributed by atoms with E-state index in [2.05, 4.69) is 5.32 Å². The average molecular weight is 250 g/mol. The largest absolute Gasteiger partial charge is 0.337 e. The number of carbonyl (C=O) groups excluding carboxylic acids is 1. The van der Waals surface area contributed by atoms with Crippen LogP contribution >= 0.6 is 0 Å². The van der Waals surface area contributed by atoms with E-state index in [1.54, 1.807) is 0 Å². The lowest BCUT2D eigenvalue weighted by atomic mass is 10.1. The minimum absolute atomic E-state index is 0.00398. The van der Waals surface area contributed by atoms with Gasteiger partial charge < -0.3 is 10.2 Å². The predicted octanol–water partition coefficient (Wildman–Crippen LogP) is -0.361. The fourth-order valence-corrected chi connectivity index (χ4v) is 3.02. The Morgan fingerprint density at radius 1 is 1.44 bits per heavy atom. The van der Waals surface area contributed by atoms with Gasteiger partial charge in [0.05, 0.1) is 0 Å². The van der Waals surface area contributed by atoms with Crippen molar-refractivity contribution in [1.29, 1.82) is 0 Å². The number of likely N-dealkylation sites (tertiary alicyclic amines) is 1. The molecule has 0 radical (unpaired) electrons. The zero-order valence-corrected chi connectivity index (χ0v) is 9.67. The van der Waals surface area contributed by atoms with E-state index in [0.29, 0.717) is 6.54 Å². The van der Waals surface area contributed by atoms with Crippen molar-refractivity contribution in [3.63, 3.8) is 0 Å². The smallest absolute Gasteiger partial charge is 0.307 e. The topological polar surface area (TPSA) is 66.5 Å². The van der Waals surface area contributed by atoms with Gasteiger partial charge in [0.2, 0.25) is 5.91 Å². The Morgan fingerprint density at radius 2 is 2.19 bits per heavy atom. The maximum absolute atomic E-state index is 12.8. The molecule has 0 aliphatic carbocycles. The molecule has 0 bridgehead atoms. The molecule has 2 aliphatic heterocycles. The molecule has 2 heterocycles. The van der Waals surface area contributed by atoms with Crippen LogP contribution in [0.3, 0.4) is 0 Å². The van der Waals surface area contributed by atoms with Crippen molar-refractivity contribution >= 4 is 16.1 Å². The molecule has 92 valence electrons. The highest BCUT2D eigenvalue weighted by Gasteiger charge is 2.41. The van der Waals surface area contributed by atoms with E-state index in [-0.39, 0.29) is 24.9 Å². The molecule has 1 amide bonds. The highest BCUT2D eigenvalue weighted by Crippen LogP contribution is 2.23. The summed E-state index contributed by atoms with van der Waals surface area (Å²) in [7, 11) is -4.59. The molecule has 0 aromatic heterocycles. The van der Waals surface area contributed by atoms with Crippen LogP contribution in [-0.4, -0.2) is 50.2 Å². The van der Waals surface area contributed by atoms with Crippen molar-refractivity contribution in [3.8, 4) is 0 Å². The molecule has 7 heteroatoms. The summed E-state index contributed by atoms with van der Waals surface area (Å²) in [5.41, 5.74) is 0. The van der Waals surface area contributed by atoms with Crippen molar-refractivity contribution in [2.24, 2.45) is 0 Å². The zero-order chi connectivity index (χ0) is 11.8. The van der Waals surface area contributed by atoms with E-state index in [0.717, 1.165) is 19.4 Å². The van der Waals surface area contributed by atoms with Crippen molar-refractivity contribution in [2.75, 3.05) is 19.6 Å². The fourth-order valence-electron chi connectivity index (χ4n) is 2.34. The van der Waals surface area contributed by atoms with Crippen molar-refractivity contribution < 1.29 is 17.1 Å². The molecule has 0 aromatic carbocycles. The Morgan fingerprint density at radius 3 is 2.69 bits per heavy atom. The number of piperidine rings is 1. The van der Waals surface area contributed by atoms with Crippen LogP contribution < -0.4 is 5.32 Å². The molecule has 16 heavy (non-hydrogen) atoms. The first-order valence-electron chi connectivity index (χ1n) is 5.42. The van der Waals surface area contributed by atoms with Crippen molar-refractivity contribution in [3.05, 3.63) is 0 Å². The average Bonchev–Trinajstić information content (AvgIpc) is 2.61. The first-order chi connectivity index (χ1) is 7.48. The number of nitrogens with zero attached hydrogens (tertiary/aromatic N) is 1. The summed E-state index contributed by atoms with van der Waals surface area (Å²) in [5.74, 6) is -0.250. The van der Waals surface area contributed by atoms with Gasteiger partial charge in [-0.2, -0.15) is 8.42 Å². The summed E-state index contributed by atoms with van der Waals surface area (Å²) >= 11 is 0. The second-order valence-electron chi connectivity index (χ2n) is 4.35. The molecule has 2 fully saturated rings. The highest BCUT2D eigenvalue weighted by molar-refractivity contribution is 7.87. The van der Waals surface area contributed by atoms with Crippen molar-refractivity contribution in [1.82, 2.24) is 10.2 Å². The van der Waals surface area contributed by atoms with Gasteiger partial charge in [-0.25, -0.2) is 0 Å². The van der Waals surface area contributed by atoms with Crippen LogP contribution in [0.1, 0.15) is 19.3 Å². The van der Waals surface area contributed by atoms with Crippen LogP contribution in [0, 0.1) is 0 Å². The first kappa shape index (κ1) is 11.8. The van der Waals surface area contributed by atoms with Gasteiger partial charge in [-0.3, -0.25) is 4.79 Å². The first-order valence-corrected chi connectivity index (χ1v) is 6.87. The minimum atomic E-state index is -4.59. The third-order valence-electron chi connectivity index (χ3n) is 3.23. The van der Waals surface area contributed by atoms with Gasteiger partial charge in [0, 0.05) is 25.6 Å². The number of carbonyl (C=O) groups is 1. The Kier molecular flexibility index (Phi) is 3.16. The zero-order valence-electron chi connectivity index (χ0n) is 8.86. The second kappa shape index (κ2) is 4.29. The van der Waals surface area contributed by atoms with Gasteiger partial charge >= 0.3 is 10.2 Å². The lowest BCUT2D eigenvalue weighted by Gasteiger charge is -2.31. The summed E-state index contributed by atoms with van der Waals surface area (Å²) in [6, 6.07) is 0.0213. The third-order valence-corrected chi connectivity index (χ3v) is 4.34. The normalized spacial score (nSPS) is 32.1. The molecule has 2 saturated heterocycles. The fraction of sp³-hybridized carbons (Fsp3) is 0.889.